The fraction of sp³-hybridized carbons (Fsp3) is 0.188. The number of benzene rings is 1. The lowest BCUT2D eigenvalue weighted by atomic mass is 9.91. The molecule has 0 spiro atoms. The number of allylic oxidation sites excluding steroid dienone is 5. The molecule has 0 heterocycles. The molecule has 0 aromatic heterocycles. The number of halogens is 2. The van der Waals surface area contributed by atoms with Crippen LogP contribution in [0.5, 0.6) is 0 Å². The molecule has 98 valence electrons. The third-order valence-corrected chi connectivity index (χ3v) is 3.19. The van der Waals surface area contributed by atoms with Crippen molar-refractivity contribution < 1.29 is 4.39 Å². The van der Waals surface area contributed by atoms with Crippen LogP contribution in [0.3, 0.4) is 0 Å². The molecule has 0 unspecified atom stereocenters. The van der Waals surface area contributed by atoms with E-state index in [0.717, 1.165) is 18.4 Å². The molecule has 0 aliphatic heterocycles. The minimum Gasteiger partial charge on any atom is -0.301 e. The van der Waals surface area contributed by atoms with Crippen LogP contribution in [0.2, 0.25) is 0 Å². The molecule has 19 heavy (non-hydrogen) atoms. The van der Waals surface area contributed by atoms with Crippen LogP contribution in [-0.4, -0.2) is 5.71 Å². The first-order valence-corrected chi connectivity index (χ1v) is 6.60. The summed E-state index contributed by atoms with van der Waals surface area (Å²) in [7, 11) is 0. The second-order valence-electron chi connectivity index (χ2n) is 4.53. The molecule has 3 heteroatoms. The molecule has 0 radical (unpaired) electrons. The van der Waals surface area contributed by atoms with E-state index in [2.05, 4.69) is 0 Å². The Labute approximate surface area is 117 Å². The van der Waals surface area contributed by atoms with Gasteiger partial charge in [0.1, 0.15) is 5.82 Å². The van der Waals surface area contributed by atoms with Gasteiger partial charge in [0.15, 0.2) is 0 Å². The maximum Gasteiger partial charge on any atom is 0.123 e. The Morgan fingerprint density at radius 3 is 2.42 bits per heavy atom. The van der Waals surface area contributed by atoms with Gasteiger partial charge in [0.25, 0.3) is 0 Å². The summed E-state index contributed by atoms with van der Waals surface area (Å²) in [5.41, 5.74) is 2.62. The van der Waals surface area contributed by atoms with E-state index in [9.17, 15) is 4.39 Å². The van der Waals surface area contributed by atoms with Gasteiger partial charge in [0, 0.05) is 5.03 Å². The van der Waals surface area contributed by atoms with Gasteiger partial charge in [-0.2, -0.15) is 0 Å². The van der Waals surface area contributed by atoms with Gasteiger partial charge in [0.2, 0.25) is 0 Å². The van der Waals surface area contributed by atoms with Crippen LogP contribution in [0, 0.1) is 11.2 Å². The summed E-state index contributed by atoms with van der Waals surface area (Å²) >= 11 is 6.05. The molecular formula is C16H15ClFN. The summed E-state index contributed by atoms with van der Waals surface area (Å²) in [4.78, 5) is 0. The lowest BCUT2D eigenvalue weighted by molar-refractivity contribution is 0.628. The normalized spacial score (nSPS) is 15.5. The fourth-order valence-corrected chi connectivity index (χ4v) is 1.92. The van der Waals surface area contributed by atoms with E-state index in [1.807, 2.05) is 6.08 Å². The highest BCUT2D eigenvalue weighted by atomic mass is 35.5. The van der Waals surface area contributed by atoms with Crippen molar-refractivity contribution in [3.05, 3.63) is 64.5 Å². The first kappa shape index (κ1) is 13.8. The molecule has 1 aliphatic rings. The van der Waals surface area contributed by atoms with Crippen molar-refractivity contribution in [2.24, 2.45) is 0 Å². The van der Waals surface area contributed by atoms with Crippen molar-refractivity contribution in [1.29, 1.82) is 5.41 Å². The number of hydrogen-bond acceptors (Lipinski definition) is 1. The minimum absolute atomic E-state index is 0.266. The van der Waals surface area contributed by atoms with Crippen LogP contribution < -0.4 is 0 Å². The van der Waals surface area contributed by atoms with Gasteiger partial charge in [-0.3, -0.25) is 0 Å². The highest BCUT2D eigenvalue weighted by Gasteiger charge is 2.07. The molecule has 1 nitrogen and oxygen atoms in total. The van der Waals surface area contributed by atoms with Crippen LogP contribution in [0.25, 0.3) is 6.08 Å². The Hall–Kier alpha value is -1.67. The maximum atomic E-state index is 12.7. The average Bonchev–Trinajstić information content (AvgIpc) is 2.34. The molecule has 1 aliphatic carbocycles. The lowest BCUT2D eigenvalue weighted by Crippen LogP contribution is -1.99. The van der Waals surface area contributed by atoms with Gasteiger partial charge in [-0.05, 0) is 61.3 Å². The van der Waals surface area contributed by atoms with Gasteiger partial charge >= 0.3 is 0 Å². The Morgan fingerprint density at radius 2 is 1.84 bits per heavy atom. The van der Waals surface area contributed by atoms with Gasteiger partial charge in [-0.25, -0.2) is 4.39 Å². The van der Waals surface area contributed by atoms with Gasteiger partial charge in [-0.1, -0.05) is 29.3 Å². The van der Waals surface area contributed by atoms with Crippen LogP contribution in [0.15, 0.2) is 53.1 Å². The van der Waals surface area contributed by atoms with Gasteiger partial charge in [-0.15, -0.1) is 0 Å². The minimum atomic E-state index is -0.266. The summed E-state index contributed by atoms with van der Waals surface area (Å²) in [6.07, 6.45) is 10.4. The topological polar surface area (TPSA) is 23.9 Å². The van der Waals surface area contributed by atoms with Crippen LogP contribution >= 0.6 is 11.6 Å². The highest BCUT2D eigenvalue weighted by molar-refractivity contribution is 6.33. The van der Waals surface area contributed by atoms with E-state index in [1.54, 1.807) is 30.4 Å². The predicted molar refractivity (Wildman–Crippen MR) is 79.0 cm³/mol. The number of nitrogens with one attached hydrogen (secondary N) is 1. The number of hydrogen-bond donors (Lipinski definition) is 1. The predicted octanol–water partition coefficient (Wildman–Crippen LogP) is 5.09. The zero-order chi connectivity index (χ0) is 13.7. The Kier molecular flexibility index (Phi) is 4.69. The third kappa shape index (κ3) is 4.49. The van der Waals surface area contributed by atoms with Crippen molar-refractivity contribution in [3.63, 3.8) is 0 Å². The SMILES string of the molecule is N=C(C=C1CCC1)/C=C\C(Cl)=C\c1ccc(F)cc1. The molecule has 1 fully saturated rings. The Balaban J connectivity index is 1.97. The fourth-order valence-electron chi connectivity index (χ4n) is 1.73. The van der Waals surface area contributed by atoms with Crippen LogP contribution in [0.1, 0.15) is 24.8 Å². The van der Waals surface area contributed by atoms with E-state index in [1.165, 1.54) is 24.1 Å². The molecule has 0 saturated heterocycles. The van der Waals surface area contributed by atoms with Crippen LogP contribution in [-0.2, 0) is 0 Å². The van der Waals surface area contributed by atoms with Crippen molar-refractivity contribution in [2.75, 3.05) is 0 Å². The quantitative estimate of drug-likeness (QED) is 0.584. The summed E-state index contributed by atoms with van der Waals surface area (Å²) < 4.78 is 12.7. The van der Waals surface area contributed by atoms with E-state index < -0.39 is 0 Å². The Bertz CT molecular complexity index is 547. The number of rotatable bonds is 4. The van der Waals surface area contributed by atoms with Crippen molar-refractivity contribution in [1.82, 2.24) is 0 Å². The average molecular weight is 276 g/mol. The standard InChI is InChI=1S/C16H15ClFN/c17-14(10-13-4-7-15(18)8-5-13)6-9-16(19)11-12-2-1-3-12/h4-11,19H,1-3H2/b9-6-,14-10-,19-16?. The smallest absolute Gasteiger partial charge is 0.123 e. The van der Waals surface area contributed by atoms with Crippen molar-refractivity contribution in [3.8, 4) is 0 Å². The van der Waals surface area contributed by atoms with Crippen LogP contribution in [0.4, 0.5) is 4.39 Å². The lowest BCUT2D eigenvalue weighted by Gasteiger charge is -2.15. The molecular weight excluding hydrogens is 261 g/mol. The molecule has 0 bridgehead atoms. The summed E-state index contributed by atoms with van der Waals surface area (Å²) in [5, 5.41) is 8.28. The molecule has 2 rings (SSSR count). The molecule has 1 N–H and O–H groups in total. The summed E-state index contributed by atoms with van der Waals surface area (Å²) in [6.45, 7) is 0. The monoisotopic (exact) mass is 275 g/mol. The largest absolute Gasteiger partial charge is 0.301 e. The second-order valence-corrected chi connectivity index (χ2v) is 4.96. The van der Waals surface area contributed by atoms with Crippen molar-refractivity contribution in [2.45, 2.75) is 19.3 Å². The molecule has 1 aromatic rings. The van der Waals surface area contributed by atoms with E-state index in [-0.39, 0.29) is 5.82 Å². The molecule has 0 atom stereocenters. The molecule has 1 aromatic carbocycles. The van der Waals surface area contributed by atoms with E-state index in [4.69, 9.17) is 17.0 Å². The summed E-state index contributed by atoms with van der Waals surface area (Å²) in [5.74, 6) is -0.266. The second kappa shape index (κ2) is 6.48. The summed E-state index contributed by atoms with van der Waals surface area (Å²) in [6, 6.07) is 6.10. The van der Waals surface area contributed by atoms with Gasteiger partial charge in [0.05, 0.1) is 5.71 Å². The van der Waals surface area contributed by atoms with E-state index in [0.29, 0.717) is 10.7 Å². The zero-order valence-electron chi connectivity index (χ0n) is 10.5. The first-order valence-electron chi connectivity index (χ1n) is 6.22. The molecule has 0 amide bonds. The zero-order valence-corrected chi connectivity index (χ0v) is 11.3. The van der Waals surface area contributed by atoms with Gasteiger partial charge < -0.3 is 5.41 Å². The third-order valence-electron chi connectivity index (χ3n) is 2.95. The Morgan fingerprint density at radius 1 is 1.16 bits per heavy atom. The molecule has 1 saturated carbocycles. The van der Waals surface area contributed by atoms with Crippen molar-refractivity contribution >= 4 is 23.4 Å². The van der Waals surface area contributed by atoms with E-state index >= 15 is 0 Å². The first-order chi connectivity index (χ1) is 9.13. The maximum absolute atomic E-state index is 12.7. The highest BCUT2D eigenvalue weighted by Crippen LogP contribution is 2.25.